The predicted octanol–water partition coefficient (Wildman–Crippen LogP) is 2.84. The second-order valence-corrected chi connectivity index (χ2v) is 5.33. The van der Waals surface area contributed by atoms with E-state index < -0.39 is 0 Å². The van der Waals surface area contributed by atoms with Crippen molar-refractivity contribution >= 4 is 18.3 Å². The standard InChI is InChI=1S/C14H28N2O.ClH/c1-4-6-12(3)10-14(17)16(9-5-2)13-7-8-15-11-13;/h12-13,15H,4-11H2,1-3H3;1H. The SMILES string of the molecule is CCCC(C)CC(=O)N(CCC)C1CCNC1.Cl. The largest absolute Gasteiger partial charge is 0.338 e. The summed E-state index contributed by atoms with van der Waals surface area (Å²) < 4.78 is 0. The van der Waals surface area contributed by atoms with Gasteiger partial charge in [0.05, 0.1) is 0 Å². The van der Waals surface area contributed by atoms with Crippen molar-refractivity contribution in [1.82, 2.24) is 10.2 Å². The molecule has 4 heteroatoms. The molecule has 108 valence electrons. The molecule has 1 fully saturated rings. The van der Waals surface area contributed by atoms with Crippen molar-refractivity contribution in [3.63, 3.8) is 0 Å². The molecule has 1 aliphatic heterocycles. The number of carbonyl (C=O) groups excluding carboxylic acids is 1. The molecule has 0 bridgehead atoms. The van der Waals surface area contributed by atoms with Crippen LogP contribution in [0.5, 0.6) is 0 Å². The summed E-state index contributed by atoms with van der Waals surface area (Å²) in [5.74, 6) is 0.891. The molecule has 0 spiro atoms. The number of hydrogen-bond donors (Lipinski definition) is 1. The van der Waals surface area contributed by atoms with Crippen LogP contribution >= 0.6 is 12.4 Å². The van der Waals surface area contributed by atoms with Gasteiger partial charge in [-0.05, 0) is 25.3 Å². The number of nitrogens with one attached hydrogen (secondary N) is 1. The van der Waals surface area contributed by atoms with Crippen LogP contribution in [0, 0.1) is 5.92 Å². The molecule has 1 aliphatic rings. The zero-order chi connectivity index (χ0) is 12.7. The van der Waals surface area contributed by atoms with Crippen molar-refractivity contribution in [2.75, 3.05) is 19.6 Å². The molecule has 2 unspecified atom stereocenters. The van der Waals surface area contributed by atoms with Crippen LogP contribution in [0.4, 0.5) is 0 Å². The molecular formula is C14H29ClN2O. The van der Waals surface area contributed by atoms with Crippen molar-refractivity contribution in [1.29, 1.82) is 0 Å². The third-order valence-electron chi connectivity index (χ3n) is 3.56. The van der Waals surface area contributed by atoms with Crippen molar-refractivity contribution in [2.45, 2.75) is 58.9 Å². The maximum absolute atomic E-state index is 12.3. The second kappa shape index (κ2) is 9.62. The van der Waals surface area contributed by atoms with Crippen LogP contribution < -0.4 is 5.32 Å². The highest BCUT2D eigenvalue weighted by Crippen LogP contribution is 2.16. The van der Waals surface area contributed by atoms with E-state index in [0.717, 1.165) is 45.3 Å². The summed E-state index contributed by atoms with van der Waals surface area (Å²) in [6.45, 7) is 9.49. The first-order valence-electron chi connectivity index (χ1n) is 7.19. The minimum atomic E-state index is 0. The lowest BCUT2D eigenvalue weighted by molar-refractivity contribution is -0.134. The molecule has 1 saturated heterocycles. The van der Waals surface area contributed by atoms with E-state index in [9.17, 15) is 4.79 Å². The van der Waals surface area contributed by atoms with Crippen LogP contribution in [0.3, 0.4) is 0 Å². The molecular weight excluding hydrogens is 248 g/mol. The average Bonchev–Trinajstić information content (AvgIpc) is 2.79. The summed E-state index contributed by atoms with van der Waals surface area (Å²) in [5, 5.41) is 3.35. The first-order chi connectivity index (χ1) is 8.19. The molecule has 0 aromatic rings. The van der Waals surface area contributed by atoms with Gasteiger partial charge in [0.25, 0.3) is 0 Å². The maximum atomic E-state index is 12.3. The molecule has 0 aromatic carbocycles. The minimum absolute atomic E-state index is 0. The Morgan fingerprint density at radius 2 is 2.11 bits per heavy atom. The van der Waals surface area contributed by atoms with E-state index >= 15 is 0 Å². The number of halogens is 1. The Hall–Kier alpha value is -0.280. The Morgan fingerprint density at radius 3 is 2.61 bits per heavy atom. The molecule has 1 amide bonds. The lowest BCUT2D eigenvalue weighted by Crippen LogP contribution is -2.42. The van der Waals surface area contributed by atoms with Gasteiger partial charge in [0.15, 0.2) is 0 Å². The van der Waals surface area contributed by atoms with Gasteiger partial charge < -0.3 is 10.2 Å². The predicted molar refractivity (Wildman–Crippen MR) is 79.2 cm³/mol. The Labute approximate surface area is 118 Å². The fourth-order valence-corrected chi connectivity index (χ4v) is 2.67. The Balaban J connectivity index is 0.00000289. The molecule has 1 heterocycles. The lowest BCUT2D eigenvalue weighted by atomic mass is 10.0. The monoisotopic (exact) mass is 276 g/mol. The highest BCUT2D eigenvalue weighted by Gasteiger charge is 2.26. The van der Waals surface area contributed by atoms with Gasteiger partial charge in [0.2, 0.25) is 5.91 Å². The highest BCUT2D eigenvalue weighted by atomic mass is 35.5. The topological polar surface area (TPSA) is 32.3 Å². The van der Waals surface area contributed by atoms with E-state index in [0.29, 0.717) is 17.9 Å². The van der Waals surface area contributed by atoms with E-state index in [1.807, 2.05) is 0 Å². The summed E-state index contributed by atoms with van der Waals surface area (Å²) in [6.07, 6.45) is 5.24. The molecule has 1 N–H and O–H groups in total. The third-order valence-corrected chi connectivity index (χ3v) is 3.56. The van der Waals surface area contributed by atoms with Crippen LogP contribution in [0.15, 0.2) is 0 Å². The molecule has 3 nitrogen and oxygen atoms in total. The van der Waals surface area contributed by atoms with Gasteiger partial charge >= 0.3 is 0 Å². The van der Waals surface area contributed by atoms with Gasteiger partial charge in [-0.2, -0.15) is 0 Å². The van der Waals surface area contributed by atoms with E-state index in [2.05, 4.69) is 31.0 Å². The van der Waals surface area contributed by atoms with Crippen molar-refractivity contribution in [2.24, 2.45) is 5.92 Å². The van der Waals surface area contributed by atoms with Crippen LogP contribution in [-0.2, 0) is 4.79 Å². The van der Waals surface area contributed by atoms with Crippen LogP contribution in [0.2, 0.25) is 0 Å². The third kappa shape index (κ3) is 5.57. The molecule has 0 aliphatic carbocycles. The molecule has 0 aromatic heterocycles. The fraction of sp³-hybridized carbons (Fsp3) is 0.929. The summed E-state index contributed by atoms with van der Waals surface area (Å²) in [7, 11) is 0. The zero-order valence-corrected chi connectivity index (χ0v) is 12.9. The summed E-state index contributed by atoms with van der Waals surface area (Å²) in [5.41, 5.74) is 0. The first kappa shape index (κ1) is 17.7. The highest BCUT2D eigenvalue weighted by molar-refractivity contribution is 5.85. The van der Waals surface area contributed by atoms with Gasteiger partial charge in [0.1, 0.15) is 0 Å². The molecule has 18 heavy (non-hydrogen) atoms. The Morgan fingerprint density at radius 1 is 1.39 bits per heavy atom. The first-order valence-corrected chi connectivity index (χ1v) is 7.19. The minimum Gasteiger partial charge on any atom is -0.338 e. The van der Waals surface area contributed by atoms with Gasteiger partial charge in [0, 0.05) is 25.6 Å². The number of nitrogens with zero attached hydrogens (tertiary/aromatic N) is 1. The fourth-order valence-electron chi connectivity index (χ4n) is 2.67. The number of hydrogen-bond acceptors (Lipinski definition) is 2. The Kier molecular flexibility index (Phi) is 9.47. The Bertz CT molecular complexity index is 230. The lowest BCUT2D eigenvalue weighted by Gasteiger charge is -2.29. The summed E-state index contributed by atoms with van der Waals surface area (Å²) >= 11 is 0. The maximum Gasteiger partial charge on any atom is 0.223 e. The van der Waals surface area contributed by atoms with Crippen molar-refractivity contribution in [3.05, 3.63) is 0 Å². The van der Waals surface area contributed by atoms with Crippen molar-refractivity contribution in [3.8, 4) is 0 Å². The van der Waals surface area contributed by atoms with Crippen molar-refractivity contribution < 1.29 is 4.79 Å². The van der Waals surface area contributed by atoms with Crippen LogP contribution in [0.25, 0.3) is 0 Å². The van der Waals surface area contributed by atoms with E-state index in [4.69, 9.17) is 0 Å². The number of amides is 1. The van der Waals surface area contributed by atoms with E-state index in [-0.39, 0.29) is 12.4 Å². The molecule has 2 atom stereocenters. The van der Waals surface area contributed by atoms with Gasteiger partial charge in [-0.3, -0.25) is 4.79 Å². The molecule has 1 rings (SSSR count). The zero-order valence-electron chi connectivity index (χ0n) is 12.1. The van der Waals surface area contributed by atoms with Gasteiger partial charge in [-0.15, -0.1) is 12.4 Å². The molecule has 0 saturated carbocycles. The van der Waals surface area contributed by atoms with Gasteiger partial charge in [-0.1, -0.05) is 33.6 Å². The number of rotatable bonds is 7. The van der Waals surface area contributed by atoms with Crippen LogP contribution in [0.1, 0.15) is 52.9 Å². The van der Waals surface area contributed by atoms with E-state index in [1.165, 1.54) is 6.42 Å². The smallest absolute Gasteiger partial charge is 0.223 e. The second-order valence-electron chi connectivity index (χ2n) is 5.33. The van der Waals surface area contributed by atoms with E-state index in [1.54, 1.807) is 0 Å². The van der Waals surface area contributed by atoms with Gasteiger partial charge in [-0.25, -0.2) is 0 Å². The molecule has 0 radical (unpaired) electrons. The average molecular weight is 277 g/mol. The quantitative estimate of drug-likeness (QED) is 0.776. The normalized spacial score (nSPS) is 20.3. The number of carbonyl (C=O) groups is 1. The summed E-state index contributed by atoms with van der Waals surface area (Å²) in [6, 6.07) is 0.441. The summed E-state index contributed by atoms with van der Waals surface area (Å²) in [4.78, 5) is 14.4. The van der Waals surface area contributed by atoms with Crippen LogP contribution in [-0.4, -0.2) is 36.5 Å².